The van der Waals surface area contributed by atoms with Gasteiger partial charge in [-0.25, -0.2) is 0 Å². The lowest BCUT2D eigenvalue weighted by Crippen LogP contribution is -2.54. The molecule has 242 valence electrons. The van der Waals surface area contributed by atoms with Crippen LogP contribution in [0.1, 0.15) is 40.9 Å². The summed E-state index contributed by atoms with van der Waals surface area (Å²) in [5.74, 6) is -3.46. The molecule has 6 rings (SSSR count). The van der Waals surface area contributed by atoms with Crippen LogP contribution >= 0.6 is 0 Å². The number of carbonyl (C=O) groups excluding carboxylic acids is 5. The average molecular weight is 636 g/mol. The third-order valence-corrected chi connectivity index (χ3v) is 8.75. The molecule has 0 spiro atoms. The maximum Gasteiger partial charge on any atom is 0.289 e. The van der Waals surface area contributed by atoms with Gasteiger partial charge in [0.25, 0.3) is 11.8 Å². The van der Waals surface area contributed by atoms with Crippen LogP contribution in [0.5, 0.6) is 0 Å². The van der Waals surface area contributed by atoms with Crippen molar-refractivity contribution in [2.24, 2.45) is 5.92 Å². The summed E-state index contributed by atoms with van der Waals surface area (Å²) in [7, 11) is 0. The Morgan fingerprint density at radius 3 is 2.32 bits per heavy atom. The molecule has 3 aromatic carbocycles. The minimum absolute atomic E-state index is 0.0359. The predicted molar refractivity (Wildman–Crippen MR) is 174 cm³/mol. The van der Waals surface area contributed by atoms with Crippen LogP contribution in [0.25, 0.3) is 10.9 Å². The van der Waals surface area contributed by atoms with Gasteiger partial charge in [0.15, 0.2) is 0 Å². The van der Waals surface area contributed by atoms with Crippen molar-refractivity contribution >= 4 is 40.3 Å². The number of ketones is 1. The van der Waals surface area contributed by atoms with E-state index in [4.69, 9.17) is 4.74 Å². The number of likely N-dealkylation sites (tertiary alicyclic amines) is 1. The van der Waals surface area contributed by atoms with Crippen molar-refractivity contribution in [2.45, 2.75) is 50.6 Å². The lowest BCUT2D eigenvalue weighted by atomic mass is 9.95. The molecular weight excluding hydrogens is 598 g/mol. The van der Waals surface area contributed by atoms with Gasteiger partial charge in [0.1, 0.15) is 11.7 Å². The third-order valence-electron chi connectivity index (χ3n) is 8.75. The number of amides is 4. The number of nitrogens with one attached hydrogen (secondary N) is 4. The van der Waals surface area contributed by atoms with E-state index >= 15 is 0 Å². The van der Waals surface area contributed by atoms with Crippen molar-refractivity contribution in [3.8, 4) is 0 Å². The molecule has 4 N–H and O–H groups in total. The van der Waals surface area contributed by atoms with Crippen LogP contribution in [0.15, 0.2) is 91.0 Å². The number of rotatable bonds is 12. The van der Waals surface area contributed by atoms with Crippen molar-refractivity contribution < 1.29 is 28.7 Å². The first kappa shape index (κ1) is 31.7. The Bertz CT molecular complexity index is 1720. The van der Waals surface area contributed by atoms with E-state index in [2.05, 4.69) is 20.9 Å². The van der Waals surface area contributed by atoms with Gasteiger partial charge in [0.2, 0.25) is 17.6 Å². The SMILES string of the molecule is O=C(NCc1ccccc1)C(=O)C(CC1CCNC1=O)NC(=O)C1CC(OCc2ccccc2)CN1C(=O)c1cc2ccccc2[nH]1. The van der Waals surface area contributed by atoms with Crippen molar-refractivity contribution in [3.05, 3.63) is 108 Å². The molecule has 3 heterocycles. The summed E-state index contributed by atoms with van der Waals surface area (Å²) in [6.45, 7) is 1.04. The molecule has 11 heteroatoms. The summed E-state index contributed by atoms with van der Waals surface area (Å²) in [6.07, 6.45) is 0.179. The van der Waals surface area contributed by atoms with E-state index in [0.29, 0.717) is 25.3 Å². The van der Waals surface area contributed by atoms with Crippen LogP contribution in [0, 0.1) is 5.92 Å². The van der Waals surface area contributed by atoms with E-state index in [-0.39, 0.29) is 37.7 Å². The van der Waals surface area contributed by atoms with Gasteiger partial charge < -0.3 is 30.6 Å². The highest BCUT2D eigenvalue weighted by Gasteiger charge is 2.43. The van der Waals surface area contributed by atoms with E-state index in [0.717, 1.165) is 22.0 Å². The molecule has 2 saturated heterocycles. The molecule has 0 radical (unpaired) electrons. The molecule has 2 aliphatic rings. The van der Waals surface area contributed by atoms with E-state index in [1.165, 1.54) is 4.90 Å². The fourth-order valence-corrected chi connectivity index (χ4v) is 6.20. The van der Waals surface area contributed by atoms with Crippen LogP contribution in [-0.4, -0.2) is 70.6 Å². The maximum absolute atomic E-state index is 14.0. The Morgan fingerprint density at radius 1 is 0.915 bits per heavy atom. The number of H-pyrrole nitrogens is 1. The molecule has 4 atom stereocenters. The number of benzene rings is 3. The number of hydrogen-bond acceptors (Lipinski definition) is 6. The third kappa shape index (κ3) is 7.58. The van der Waals surface area contributed by atoms with Crippen LogP contribution in [-0.2, 0) is 37.1 Å². The lowest BCUT2D eigenvalue weighted by Gasteiger charge is -2.26. The van der Waals surface area contributed by atoms with Gasteiger partial charge in [-0.3, -0.25) is 24.0 Å². The van der Waals surface area contributed by atoms with E-state index < -0.39 is 41.7 Å². The average Bonchev–Trinajstić information content (AvgIpc) is 3.84. The van der Waals surface area contributed by atoms with Crippen molar-refractivity contribution in [1.82, 2.24) is 25.8 Å². The zero-order valence-electron chi connectivity index (χ0n) is 25.8. The van der Waals surface area contributed by atoms with Gasteiger partial charge in [-0.05, 0) is 36.1 Å². The minimum Gasteiger partial charge on any atom is -0.372 e. The molecule has 4 amide bonds. The molecular formula is C36H37N5O6. The highest BCUT2D eigenvalue weighted by atomic mass is 16.5. The molecule has 0 bridgehead atoms. The zero-order chi connectivity index (χ0) is 32.8. The number of para-hydroxylation sites is 1. The topological polar surface area (TPSA) is 150 Å². The second-order valence-electron chi connectivity index (χ2n) is 12.0. The van der Waals surface area contributed by atoms with Gasteiger partial charge in [-0.15, -0.1) is 0 Å². The van der Waals surface area contributed by atoms with Crippen LogP contribution in [0.2, 0.25) is 0 Å². The summed E-state index contributed by atoms with van der Waals surface area (Å²) in [4.78, 5) is 71.5. The first-order valence-electron chi connectivity index (χ1n) is 15.8. The van der Waals surface area contributed by atoms with E-state index in [1.807, 2.05) is 84.9 Å². The maximum atomic E-state index is 14.0. The predicted octanol–water partition coefficient (Wildman–Crippen LogP) is 2.86. The number of nitrogens with zero attached hydrogens (tertiary/aromatic N) is 1. The van der Waals surface area contributed by atoms with Crippen molar-refractivity contribution in [1.29, 1.82) is 0 Å². The first-order valence-corrected chi connectivity index (χ1v) is 15.8. The van der Waals surface area contributed by atoms with Gasteiger partial charge in [0.05, 0.1) is 18.8 Å². The molecule has 2 fully saturated rings. The highest BCUT2D eigenvalue weighted by molar-refractivity contribution is 6.38. The van der Waals surface area contributed by atoms with Crippen LogP contribution in [0.3, 0.4) is 0 Å². The molecule has 4 unspecified atom stereocenters. The Kier molecular flexibility index (Phi) is 9.72. The summed E-state index contributed by atoms with van der Waals surface area (Å²) >= 11 is 0. The highest BCUT2D eigenvalue weighted by Crippen LogP contribution is 2.26. The first-order chi connectivity index (χ1) is 22.9. The number of Topliss-reactive ketones (excluding diaryl/α,β-unsaturated/α-hetero) is 1. The number of aromatic amines is 1. The summed E-state index contributed by atoms with van der Waals surface area (Å²) < 4.78 is 6.16. The van der Waals surface area contributed by atoms with Gasteiger partial charge in [0, 0.05) is 42.9 Å². The second kappa shape index (κ2) is 14.4. The lowest BCUT2D eigenvalue weighted by molar-refractivity contribution is -0.141. The van der Waals surface area contributed by atoms with Crippen molar-refractivity contribution in [3.63, 3.8) is 0 Å². The quantitative estimate of drug-likeness (QED) is 0.176. The smallest absolute Gasteiger partial charge is 0.289 e. The van der Waals surface area contributed by atoms with E-state index in [1.54, 1.807) is 6.07 Å². The standard InChI is InChI=1S/C36H37N5O6/c42-32(35(45)38-20-23-9-3-1-4-10-23)29(18-26-15-16-37-33(26)43)40-34(44)31-19-27(47-22-24-11-5-2-6-12-24)21-41(31)36(46)30-17-25-13-7-8-14-28(25)39-30/h1-14,17,26-27,29,31,39H,15-16,18-22H2,(H,37,43)(H,38,45)(H,40,44). The fraction of sp³-hybridized carbons (Fsp3) is 0.306. The van der Waals surface area contributed by atoms with Crippen LogP contribution in [0.4, 0.5) is 0 Å². The summed E-state index contributed by atoms with van der Waals surface area (Å²) in [5.41, 5.74) is 2.87. The van der Waals surface area contributed by atoms with Gasteiger partial charge in [-0.1, -0.05) is 78.9 Å². The normalized spacial score (nSPS) is 19.7. The second-order valence-corrected chi connectivity index (χ2v) is 12.0. The van der Waals surface area contributed by atoms with Gasteiger partial charge >= 0.3 is 0 Å². The fourth-order valence-electron chi connectivity index (χ4n) is 6.20. The Hall–Kier alpha value is -5.29. The molecule has 4 aromatic rings. The largest absolute Gasteiger partial charge is 0.372 e. The number of aromatic nitrogens is 1. The van der Waals surface area contributed by atoms with Gasteiger partial charge in [-0.2, -0.15) is 0 Å². The number of hydrogen-bond donors (Lipinski definition) is 4. The number of ether oxygens (including phenoxy) is 1. The molecule has 47 heavy (non-hydrogen) atoms. The summed E-state index contributed by atoms with van der Waals surface area (Å²) in [6, 6.07) is 25.7. The van der Waals surface area contributed by atoms with Crippen LogP contribution < -0.4 is 16.0 Å². The Morgan fingerprint density at radius 2 is 1.62 bits per heavy atom. The van der Waals surface area contributed by atoms with E-state index in [9.17, 15) is 24.0 Å². The Labute approximate surface area is 272 Å². The zero-order valence-corrected chi connectivity index (χ0v) is 25.8. The number of carbonyl (C=O) groups is 5. The summed E-state index contributed by atoms with van der Waals surface area (Å²) in [5, 5.41) is 8.99. The molecule has 0 saturated carbocycles. The Balaban J connectivity index is 1.21. The monoisotopic (exact) mass is 635 g/mol. The number of fused-ring (bicyclic) bond motifs is 1. The van der Waals surface area contributed by atoms with Crippen molar-refractivity contribution in [2.75, 3.05) is 13.1 Å². The molecule has 1 aromatic heterocycles. The minimum atomic E-state index is -1.26. The molecule has 0 aliphatic carbocycles. The molecule has 11 nitrogen and oxygen atoms in total. The molecule has 2 aliphatic heterocycles.